The largest absolute Gasteiger partial charge is 0.495 e. The van der Waals surface area contributed by atoms with E-state index in [0.29, 0.717) is 56.4 Å². The summed E-state index contributed by atoms with van der Waals surface area (Å²) in [5.74, 6) is 4.43. The second-order valence-electron chi connectivity index (χ2n) is 10.5. The zero-order valence-corrected chi connectivity index (χ0v) is 24.7. The van der Waals surface area contributed by atoms with Gasteiger partial charge in [0, 0.05) is 62.0 Å². The number of methoxy groups -OCH3 is 2. The normalized spacial score (nSPS) is 14.7. The molecule has 0 atom stereocenters. The quantitative estimate of drug-likeness (QED) is 0.233. The Balaban J connectivity index is 1.49. The number of nitrogens with zero attached hydrogens (tertiary/aromatic N) is 3. The van der Waals surface area contributed by atoms with E-state index in [2.05, 4.69) is 46.8 Å². The van der Waals surface area contributed by atoms with E-state index < -0.39 is 0 Å². The fourth-order valence-corrected chi connectivity index (χ4v) is 5.25. The third kappa shape index (κ3) is 6.82. The van der Waals surface area contributed by atoms with Gasteiger partial charge in [-0.15, -0.1) is 6.42 Å². The summed E-state index contributed by atoms with van der Waals surface area (Å²) in [7, 11) is 3.17. The number of nitrogens with one attached hydrogen (secondary N) is 1. The SMILES string of the molecule is C#Cc1cnc2cc(OCCCN3CCN(C(C)(C)C)CC3)c(OC)cc2c1Nc1cc(OC)c(Cl)cc1Cl. The van der Waals surface area contributed by atoms with Gasteiger partial charge in [0.15, 0.2) is 11.5 Å². The molecule has 2 aromatic carbocycles. The van der Waals surface area contributed by atoms with Crippen LogP contribution in [0.15, 0.2) is 30.5 Å². The Hall–Kier alpha value is -2.89. The highest BCUT2D eigenvalue weighted by molar-refractivity contribution is 6.37. The van der Waals surface area contributed by atoms with Crippen LogP contribution in [0.3, 0.4) is 0 Å². The Labute approximate surface area is 241 Å². The molecule has 2 heterocycles. The molecule has 0 unspecified atom stereocenters. The number of benzene rings is 2. The van der Waals surface area contributed by atoms with E-state index in [1.165, 1.54) is 0 Å². The molecule has 4 rings (SSSR count). The lowest BCUT2D eigenvalue weighted by Gasteiger charge is -2.42. The van der Waals surface area contributed by atoms with Gasteiger partial charge in [0.2, 0.25) is 0 Å². The first-order valence-electron chi connectivity index (χ1n) is 13.0. The molecule has 1 aliphatic rings. The Morgan fingerprint density at radius 3 is 2.33 bits per heavy atom. The molecule has 208 valence electrons. The number of hydrogen-bond acceptors (Lipinski definition) is 7. The first kappa shape index (κ1) is 29.1. The number of rotatable bonds is 9. The molecule has 0 aliphatic carbocycles. The molecule has 0 spiro atoms. The molecule has 1 fully saturated rings. The van der Waals surface area contributed by atoms with Crippen LogP contribution in [0.4, 0.5) is 11.4 Å². The highest BCUT2D eigenvalue weighted by Crippen LogP contribution is 2.40. The van der Waals surface area contributed by atoms with E-state index in [-0.39, 0.29) is 5.54 Å². The molecule has 7 nitrogen and oxygen atoms in total. The van der Waals surface area contributed by atoms with Gasteiger partial charge in [-0.3, -0.25) is 9.88 Å². The topological polar surface area (TPSA) is 59.1 Å². The van der Waals surface area contributed by atoms with Crippen molar-refractivity contribution in [2.75, 3.05) is 58.9 Å². The first-order chi connectivity index (χ1) is 18.6. The van der Waals surface area contributed by atoms with Gasteiger partial charge in [-0.2, -0.15) is 0 Å². The maximum Gasteiger partial charge on any atom is 0.163 e. The summed E-state index contributed by atoms with van der Waals surface area (Å²) in [6.45, 7) is 12.8. The third-order valence-corrected chi connectivity index (χ3v) is 7.62. The number of pyridine rings is 1. The van der Waals surface area contributed by atoms with Gasteiger partial charge < -0.3 is 24.4 Å². The van der Waals surface area contributed by atoms with Gasteiger partial charge in [0.1, 0.15) is 5.75 Å². The van der Waals surface area contributed by atoms with Crippen molar-refractivity contribution in [3.8, 4) is 29.6 Å². The van der Waals surface area contributed by atoms with Crippen molar-refractivity contribution in [2.45, 2.75) is 32.7 Å². The Morgan fingerprint density at radius 1 is 0.974 bits per heavy atom. The zero-order chi connectivity index (χ0) is 28.2. The number of hydrogen-bond donors (Lipinski definition) is 1. The fraction of sp³-hybridized carbons (Fsp3) is 0.433. The second-order valence-corrected chi connectivity index (χ2v) is 11.3. The summed E-state index contributed by atoms with van der Waals surface area (Å²) in [5, 5.41) is 4.97. The highest BCUT2D eigenvalue weighted by Gasteiger charge is 2.25. The number of aromatic nitrogens is 1. The molecule has 9 heteroatoms. The molecular formula is C30H36Cl2N4O3. The van der Waals surface area contributed by atoms with Crippen LogP contribution in [-0.2, 0) is 0 Å². The molecule has 1 aliphatic heterocycles. The minimum Gasteiger partial charge on any atom is -0.495 e. The minimum atomic E-state index is 0.222. The predicted octanol–water partition coefficient (Wildman–Crippen LogP) is 6.47. The maximum absolute atomic E-state index is 6.47. The van der Waals surface area contributed by atoms with Crippen LogP contribution in [0.2, 0.25) is 10.0 Å². The summed E-state index contributed by atoms with van der Waals surface area (Å²) in [4.78, 5) is 9.62. The Morgan fingerprint density at radius 2 is 1.69 bits per heavy atom. The van der Waals surface area contributed by atoms with E-state index in [1.807, 2.05) is 12.1 Å². The predicted molar refractivity (Wildman–Crippen MR) is 160 cm³/mol. The van der Waals surface area contributed by atoms with Crippen LogP contribution < -0.4 is 19.5 Å². The van der Waals surface area contributed by atoms with E-state index in [0.717, 1.165) is 44.5 Å². The molecule has 0 bridgehead atoms. The van der Waals surface area contributed by atoms with Gasteiger partial charge in [0.05, 0.1) is 53.3 Å². The van der Waals surface area contributed by atoms with Crippen molar-refractivity contribution in [1.29, 1.82) is 0 Å². The molecule has 0 radical (unpaired) electrons. The van der Waals surface area contributed by atoms with Gasteiger partial charge in [-0.1, -0.05) is 29.1 Å². The molecular weight excluding hydrogens is 535 g/mol. The Kier molecular flexibility index (Phi) is 9.35. The summed E-state index contributed by atoms with van der Waals surface area (Å²) in [6.07, 6.45) is 8.39. The van der Waals surface area contributed by atoms with Gasteiger partial charge in [-0.05, 0) is 39.3 Å². The van der Waals surface area contributed by atoms with E-state index in [9.17, 15) is 0 Å². The second kappa shape index (κ2) is 12.5. The number of piperazine rings is 1. The molecule has 1 N–H and O–H groups in total. The number of ether oxygens (including phenoxy) is 3. The van der Waals surface area contributed by atoms with Gasteiger partial charge in [-0.25, -0.2) is 0 Å². The van der Waals surface area contributed by atoms with E-state index in [1.54, 1.807) is 32.5 Å². The maximum atomic E-state index is 6.47. The summed E-state index contributed by atoms with van der Waals surface area (Å²) < 4.78 is 17.2. The van der Waals surface area contributed by atoms with Crippen LogP contribution in [-0.4, -0.2) is 73.9 Å². The third-order valence-electron chi connectivity index (χ3n) is 7.01. The Bertz CT molecular complexity index is 1360. The lowest BCUT2D eigenvalue weighted by molar-refractivity contribution is 0.0601. The minimum absolute atomic E-state index is 0.222. The summed E-state index contributed by atoms with van der Waals surface area (Å²) in [5.41, 5.74) is 2.79. The molecule has 1 aromatic heterocycles. The number of fused-ring (bicyclic) bond motifs is 1. The lowest BCUT2D eigenvalue weighted by atomic mass is 10.0. The first-order valence-corrected chi connectivity index (χ1v) is 13.8. The van der Waals surface area contributed by atoms with Crippen LogP contribution in [0.5, 0.6) is 17.2 Å². The van der Waals surface area contributed by atoms with Gasteiger partial charge >= 0.3 is 0 Å². The van der Waals surface area contributed by atoms with Crippen LogP contribution >= 0.6 is 23.2 Å². The van der Waals surface area contributed by atoms with Crippen molar-refractivity contribution < 1.29 is 14.2 Å². The zero-order valence-electron chi connectivity index (χ0n) is 23.2. The van der Waals surface area contributed by atoms with Crippen molar-refractivity contribution in [3.63, 3.8) is 0 Å². The van der Waals surface area contributed by atoms with Gasteiger partial charge in [0.25, 0.3) is 0 Å². The smallest absolute Gasteiger partial charge is 0.163 e. The highest BCUT2D eigenvalue weighted by atomic mass is 35.5. The monoisotopic (exact) mass is 570 g/mol. The average molecular weight is 572 g/mol. The van der Waals surface area contributed by atoms with Crippen molar-refractivity contribution in [1.82, 2.24) is 14.8 Å². The number of terminal acetylenes is 1. The number of halogens is 2. The lowest BCUT2D eigenvalue weighted by Crippen LogP contribution is -2.53. The molecule has 0 amide bonds. The molecule has 39 heavy (non-hydrogen) atoms. The van der Waals surface area contributed by atoms with Crippen LogP contribution in [0.25, 0.3) is 10.9 Å². The number of anilines is 2. The summed E-state index contributed by atoms with van der Waals surface area (Å²) in [6, 6.07) is 7.12. The van der Waals surface area contributed by atoms with E-state index in [4.69, 9.17) is 43.8 Å². The average Bonchev–Trinajstić information content (AvgIpc) is 2.92. The van der Waals surface area contributed by atoms with Crippen molar-refractivity contribution in [2.24, 2.45) is 0 Å². The van der Waals surface area contributed by atoms with Crippen LogP contribution in [0.1, 0.15) is 32.8 Å². The van der Waals surface area contributed by atoms with Crippen molar-refractivity contribution >= 4 is 45.5 Å². The fourth-order valence-electron chi connectivity index (χ4n) is 4.75. The van der Waals surface area contributed by atoms with Crippen LogP contribution in [0, 0.1) is 12.3 Å². The summed E-state index contributed by atoms with van der Waals surface area (Å²) >= 11 is 12.7. The van der Waals surface area contributed by atoms with Crippen molar-refractivity contribution in [3.05, 3.63) is 46.1 Å². The molecule has 3 aromatic rings. The molecule has 0 saturated carbocycles. The van der Waals surface area contributed by atoms with E-state index >= 15 is 0 Å². The standard InChI is InChI=1S/C30H36Cl2N4O3/c1-7-20-19-33-24-17-28(39-14-8-9-35-10-12-36(13-11-35)30(2,3)4)27(38-6)15-21(24)29(20)34-25-18-26(37-5)23(32)16-22(25)31/h1,15-19H,8-14H2,2-6H3,(H,33,34). The molecule has 1 saturated heterocycles.